The zero-order valence-electron chi connectivity index (χ0n) is 15.2. The van der Waals surface area contributed by atoms with Crippen molar-refractivity contribution >= 4 is 22.8 Å². The Morgan fingerprint density at radius 1 is 0.963 bits per heavy atom. The first-order chi connectivity index (χ1) is 13.3. The third kappa shape index (κ3) is 3.74. The predicted molar refractivity (Wildman–Crippen MR) is 106 cm³/mol. The maximum absolute atomic E-state index is 5.96. The van der Waals surface area contributed by atoms with Crippen LogP contribution in [0.1, 0.15) is 19.8 Å². The first-order valence-corrected chi connectivity index (χ1v) is 9.11. The minimum Gasteiger partial charge on any atom is -0.437 e. The van der Waals surface area contributed by atoms with Gasteiger partial charge in [-0.1, -0.05) is 49.7 Å². The van der Waals surface area contributed by atoms with Crippen LogP contribution in [0.3, 0.4) is 0 Å². The number of unbranched alkanes of at least 4 members (excludes halogenated alkanes) is 1. The molecule has 6 nitrogen and oxygen atoms in total. The normalized spacial score (nSPS) is 10.9. The zero-order valence-corrected chi connectivity index (χ0v) is 15.2. The average Bonchev–Trinajstić information content (AvgIpc) is 3.06. The summed E-state index contributed by atoms with van der Waals surface area (Å²) in [6, 6.07) is 19.6. The Balaban J connectivity index is 1.76. The van der Waals surface area contributed by atoms with Crippen LogP contribution in [0.25, 0.3) is 11.2 Å². The van der Waals surface area contributed by atoms with E-state index >= 15 is 0 Å². The minimum absolute atomic E-state index is 0.456. The molecule has 0 amide bonds. The van der Waals surface area contributed by atoms with Gasteiger partial charge in [0, 0.05) is 12.2 Å². The van der Waals surface area contributed by atoms with Crippen molar-refractivity contribution in [3.8, 4) is 11.6 Å². The maximum Gasteiger partial charge on any atom is 0.251 e. The van der Waals surface area contributed by atoms with E-state index in [4.69, 9.17) is 9.72 Å². The Morgan fingerprint density at radius 3 is 2.44 bits per heavy atom. The Labute approximate surface area is 157 Å². The van der Waals surface area contributed by atoms with Crippen LogP contribution >= 0.6 is 0 Å². The topological polar surface area (TPSA) is 64.9 Å². The number of hydrogen-bond donors (Lipinski definition) is 1. The third-order valence-corrected chi connectivity index (χ3v) is 4.22. The van der Waals surface area contributed by atoms with Crippen molar-refractivity contribution in [1.29, 1.82) is 0 Å². The Morgan fingerprint density at radius 2 is 1.70 bits per heavy atom. The monoisotopic (exact) mass is 359 g/mol. The Hall–Kier alpha value is -3.41. The zero-order chi connectivity index (χ0) is 18.5. The molecule has 0 aliphatic heterocycles. The van der Waals surface area contributed by atoms with Crippen LogP contribution < -0.4 is 10.1 Å². The van der Waals surface area contributed by atoms with E-state index in [1.165, 1.54) is 6.33 Å². The lowest BCUT2D eigenvalue weighted by Gasteiger charge is -2.09. The fourth-order valence-electron chi connectivity index (χ4n) is 2.86. The highest BCUT2D eigenvalue weighted by molar-refractivity contribution is 5.80. The van der Waals surface area contributed by atoms with Gasteiger partial charge in [-0.3, -0.25) is 4.57 Å². The number of fused-ring (bicyclic) bond motifs is 1. The highest BCUT2D eigenvalue weighted by Gasteiger charge is 2.17. The summed E-state index contributed by atoms with van der Waals surface area (Å²) in [7, 11) is 0. The number of nitrogens with zero attached hydrogens (tertiary/aromatic N) is 4. The summed E-state index contributed by atoms with van der Waals surface area (Å²) in [4.78, 5) is 13.5. The van der Waals surface area contributed by atoms with Gasteiger partial charge in [-0.25, -0.2) is 9.97 Å². The molecule has 2 aromatic carbocycles. The number of rotatable bonds is 7. The molecule has 2 heterocycles. The van der Waals surface area contributed by atoms with E-state index in [0.29, 0.717) is 11.4 Å². The van der Waals surface area contributed by atoms with Gasteiger partial charge in [0.2, 0.25) is 5.95 Å². The molecular weight excluding hydrogens is 338 g/mol. The second-order valence-corrected chi connectivity index (χ2v) is 6.20. The molecule has 4 aromatic rings. The summed E-state index contributed by atoms with van der Waals surface area (Å²) < 4.78 is 8.05. The van der Waals surface area contributed by atoms with Crippen LogP contribution in [-0.2, 0) is 6.54 Å². The molecule has 0 radical (unpaired) electrons. The van der Waals surface area contributed by atoms with E-state index in [2.05, 4.69) is 26.8 Å². The highest BCUT2D eigenvalue weighted by atomic mass is 16.5. The summed E-state index contributed by atoms with van der Waals surface area (Å²) in [5.74, 6) is 1.92. The minimum atomic E-state index is 0.456. The number of para-hydroxylation sites is 2. The fourth-order valence-corrected chi connectivity index (χ4v) is 2.86. The molecule has 136 valence electrons. The van der Waals surface area contributed by atoms with Gasteiger partial charge in [0.15, 0.2) is 11.2 Å². The number of hydrogen-bond acceptors (Lipinski definition) is 5. The smallest absolute Gasteiger partial charge is 0.251 e. The molecule has 0 saturated carbocycles. The lowest BCUT2D eigenvalue weighted by atomic mass is 10.3. The van der Waals surface area contributed by atoms with E-state index in [1.54, 1.807) is 0 Å². The van der Waals surface area contributed by atoms with Gasteiger partial charge in [0.25, 0.3) is 5.88 Å². The summed E-state index contributed by atoms with van der Waals surface area (Å²) in [5.41, 5.74) is 2.39. The Kier molecular flexibility index (Phi) is 4.96. The van der Waals surface area contributed by atoms with Gasteiger partial charge < -0.3 is 10.1 Å². The van der Waals surface area contributed by atoms with Gasteiger partial charge in [-0.05, 0) is 30.7 Å². The number of ether oxygens (including phenoxy) is 1. The van der Waals surface area contributed by atoms with Crippen LogP contribution in [0.15, 0.2) is 67.0 Å². The number of nitrogens with one attached hydrogen (secondary N) is 1. The van der Waals surface area contributed by atoms with Crippen molar-refractivity contribution in [2.45, 2.75) is 26.3 Å². The molecule has 1 N–H and O–H groups in total. The third-order valence-electron chi connectivity index (χ3n) is 4.22. The lowest BCUT2D eigenvalue weighted by Crippen LogP contribution is -2.04. The second kappa shape index (κ2) is 7.86. The lowest BCUT2D eigenvalue weighted by molar-refractivity contribution is 0.467. The Bertz CT molecular complexity index is 1010. The van der Waals surface area contributed by atoms with Crippen molar-refractivity contribution in [3.05, 3.63) is 67.0 Å². The highest BCUT2D eigenvalue weighted by Crippen LogP contribution is 2.29. The van der Waals surface area contributed by atoms with E-state index in [-0.39, 0.29) is 0 Å². The molecule has 27 heavy (non-hydrogen) atoms. The number of imidazole rings is 1. The SMILES string of the molecule is CCCCn1c(Nc2ccccc2)nc2c(Oc3ccccc3)ncnc21. The molecule has 0 atom stereocenters. The summed E-state index contributed by atoms with van der Waals surface area (Å²) in [5, 5.41) is 3.39. The van der Waals surface area contributed by atoms with Crippen LogP contribution in [0.2, 0.25) is 0 Å². The van der Waals surface area contributed by atoms with E-state index in [9.17, 15) is 0 Å². The summed E-state index contributed by atoms with van der Waals surface area (Å²) in [6.07, 6.45) is 3.65. The molecule has 0 unspecified atom stereocenters. The van der Waals surface area contributed by atoms with E-state index < -0.39 is 0 Å². The standard InChI is InChI=1S/C21H21N5O/c1-2-3-14-26-19-18(25-21(26)24-16-10-6-4-7-11-16)20(23-15-22-19)27-17-12-8-5-9-13-17/h4-13,15H,2-3,14H2,1H3,(H,24,25). The summed E-state index contributed by atoms with van der Waals surface area (Å²) in [6.45, 7) is 2.99. The van der Waals surface area contributed by atoms with Crippen LogP contribution in [0.5, 0.6) is 11.6 Å². The molecule has 6 heteroatoms. The van der Waals surface area contributed by atoms with Gasteiger partial charge in [-0.2, -0.15) is 4.98 Å². The number of aryl methyl sites for hydroxylation is 1. The van der Waals surface area contributed by atoms with E-state index in [0.717, 1.165) is 42.4 Å². The number of benzene rings is 2. The maximum atomic E-state index is 5.96. The number of aromatic nitrogens is 4. The first kappa shape index (κ1) is 17.0. The molecule has 2 aromatic heterocycles. The molecule has 4 rings (SSSR count). The molecule has 0 fully saturated rings. The average molecular weight is 359 g/mol. The number of anilines is 2. The molecule has 0 saturated heterocycles. The van der Waals surface area contributed by atoms with Crippen molar-refractivity contribution < 1.29 is 4.74 Å². The van der Waals surface area contributed by atoms with E-state index in [1.807, 2.05) is 60.7 Å². The molecule has 0 spiro atoms. The first-order valence-electron chi connectivity index (χ1n) is 9.11. The van der Waals surface area contributed by atoms with Crippen LogP contribution in [0.4, 0.5) is 11.6 Å². The quantitative estimate of drug-likeness (QED) is 0.493. The van der Waals surface area contributed by atoms with Crippen molar-refractivity contribution in [2.75, 3.05) is 5.32 Å². The van der Waals surface area contributed by atoms with Gasteiger partial charge in [-0.15, -0.1) is 0 Å². The molecule has 0 aliphatic carbocycles. The summed E-state index contributed by atoms with van der Waals surface area (Å²) >= 11 is 0. The predicted octanol–water partition coefficient (Wildman–Crippen LogP) is 5.16. The molecule has 0 aliphatic rings. The van der Waals surface area contributed by atoms with Gasteiger partial charge >= 0.3 is 0 Å². The van der Waals surface area contributed by atoms with Crippen LogP contribution in [-0.4, -0.2) is 19.5 Å². The van der Waals surface area contributed by atoms with Crippen LogP contribution in [0, 0.1) is 0 Å². The van der Waals surface area contributed by atoms with Crippen molar-refractivity contribution in [2.24, 2.45) is 0 Å². The second-order valence-electron chi connectivity index (χ2n) is 6.20. The molecular formula is C21H21N5O. The van der Waals surface area contributed by atoms with Crippen molar-refractivity contribution in [1.82, 2.24) is 19.5 Å². The largest absolute Gasteiger partial charge is 0.437 e. The molecule has 0 bridgehead atoms. The van der Waals surface area contributed by atoms with Gasteiger partial charge in [0.05, 0.1) is 0 Å². The van der Waals surface area contributed by atoms with Gasteiger partial charge in [0.1, 0.15) is 12.1 Å². The van der Waals surface area contributed by atoms with Crippen molar-refractivity contribution in [3.63, 3.8) is 0 Å². The fraction of sp³-hybridized carbons (Fsp3) is 0.190.